The van der Waals surface area contributed by atoms with Crippen molar-refractivity contribution in [3.63, 3.8) is 0 Å². The van der Waals surface area contributed by atoms with Crippen molar-refractivity contribution in [2.45, 2.75) is 33.1 Å². The van der Waals surface area contributed by atoms with Gasteiger partial charge in [0.2, 0.25) is 5.91 Å². The van der Waals surface area contributed by atoms with Crippen LogP contribution in [0.2, 0.25) is 0 Å². The van der Waals surface area contributed by atoms with Gasteiger partial charge in [-0.2, -0.15) is 0 Å². The van der Waals surface area contributed by atoms with Crippen molar-refractivity contribution in [2.75, 3.05) is 23.4 Å². The highest BCUT2D eigenvalue weighted by molar-refractivity contribution is 6.05. The Balaban J connectivity index is 1.69. The Kier molecular flexibility index (Phi) is 6.12. The van der Waals surface area contributed by atoms with Crippen molar-refractivity contribution in [3.05, 3.63) is 54.1 Å². The summed E-state index contributed by atoms with van der Waals surface area (Å²) in [5, 5.41) is 2.91. The van der Waals surface area contributed by atoms with Crippen LogP contribution in [-0.2, 0) is 4.79 Å². The molecule has 2 aromatic rings. The number of carbonyl (C=O) groups is 2. The van der Waals surface area contributed by atoms with Gasteiger partial charge in [-0.05, 0) is 55.2 Å². The first-order valence-electron chi connectivity index (χ1n) is 9.48. The zero-order valence-electron chi connectivity index (χ0n) is 15.9. The van der Waals surface area contributed by atoms with Gasteiger partial charge in [-0.1, -0.05) is 26.0 Å². The Morgan fingerprint density at radius 2 is 1.85 bits per heavy atom. The minimum absolute atomic E-state index is 0.148. The number of amides is 2. The van der Waals surface area contributed by atoms with Crippen LogP contribution in [0.3, 0.4) is 0 Å². The van der Waals surface area contributed by atoms with E-state index in [9.17, 15) is 9.59 Å². The Morgan fingerprint density at radius 3 is 2.56 bits per heavy atom. The number of para-hydroxylation sites is 2. The summed E-state index contributed by atoms with van der Waals surface area (Å²) in [6, 6.07) is 14.6. The van der Waals surface area contributed by atoms with Crippen LogP contribution in [-0.4, -0.2) is 25.0 Å². The number of piperidine rings is 1. The van der Waals surface area contributed by atoms with E-state index in [2.05, 4.69) is 19.2 Å². The lowest BCUT2D eigenvalue weighted by Crippen LogP contribution is -2.35. The predicted octanol–water partition coefficient (Wildman–Crippen LogP) is 4.49. The fraction of sp³-hybridized carbons (Fsp3) is 0.364. The molecular weight excluding hydrogens is 340 g/mol. The Morgan fingerprint density at radius 1 is 1.11 bits per heavy atom. The molecule has 1 N–H and O–H groups in total. The molecule has 0 aromatic heterocycles. The third kappa shape index (κ3) is 4.88. The van der Waals surface area contributed by atoms with Crippen LogP contribution in [0.4, 0.5) is 11.4 Å². The van der Waals surface area contributed by atoms with Crippen LogP contribution in [0.15, 0.2) is 48.5 Å². The zero-order chi connectivity index (χ0) is 19.2. The Labute approximate surface area is 160 Å². The minimum atomic E-state index is -0.202. The SMILES string of the molecule is CC(C)COc1ccccc1NC(=O)c1ccc(N2CCCCC2=O)cc1. The lowest BCUT2D eigenvalue weighted by molar-refractivity contribution is -0.119. The first-order valence-corrected chi connectivity index (χ1v) is 9.48. The van der Waals surface area contributed by atoms with Gasteiger partial charge in [-0.3, -0.25) is 9.59 Å². The van der Waals surface area contributed by atoms with Crippen molar-refractivity contribution in [3.8, 4) is 5.75 Å². The van der Waals surface area contributed by atoms with E-state index < -0.39 is 0 Å². The molecular formula is C22H26N2O3. The molecule has 142 valence electrons. The molecule has 0 spiro atoms. The van der Waals surface area contributed by atoms with Crippen LogP contribution in [0.25, 0.3) is 0 Å². The van der Waals surface area contributed by atoms with E-state index in [1.54, 1.807) is 17.0 Å². The van der Waals surface area contributed by atoms with Crippen LogP contribution >= 0.6 is 0 Å². The quantitative estimate of drug-likeness (QED) is 0.819. The number of hydrogen-bond acceptors (Lipinski definition) is 3. The van der Waals surface area contributed by atoms with E-state index in [1.165, 1.54) is 0 Å². The van der Waals surface area contributed by atoms with Crippen molar-refractivity contribution in [1.82, 2.24) is 0 Å². The first-order chi connectivity index (χ1) is 13.0. The van der Waals surface area contributed by atoms with Gasteiger partial charge < -0.3 is 15.0 Å². The molecule has 1 heterocycles. The maximum absolute atomic E-state index is 12.6. The predicted molar refractivity (Wildman–Crippen MR) is 107 cm³/mol. The second-order valence-corrected chi connectivity index (χ2v) is 7.20. The molecule has 2 amide bonds. The third-order valence-corrected chi connectivity index (χ3v) is 4.47. The van der Waals surface area contributed by atoms with Gasteiger partial charge in [0.05, 0.1) is 12.3 Å². The highest BCUT2D eigenvalue weighted by Gasteiger charge is 2.19. The third-order valence-electron chi connectivity index (χ3n) is 4.47. The van der Waals surface area contributed by atoms with Crippen LogP contribution in [0, 0.1) is 5.92 Å². The highest BCUT2D eigenvalue weighted by Crippen LogP contribution is 2.26. The van der Waals surface area contributed by atoms with Crippen LogP contribution in [0.1, 0.15) is 43.5 Å². The van der Waals surface area contributed by atoms with E-state index in [1.807, 2.05) is 36.4 Å². The topological polar surface area (TPSA) is 58.6 Å². The number of benzene rings is 2. The Hall–Kier alpha value is -2.82. The zero-order valence-corrected chi connectivity index (χ0v) is 15.9. The molecule has 0 saturated carbocycles. The number of carbonyl (C=O) groups excluding carboxylic acids is 2. The molecule has 27 heavy (non-hydrogen) atoms. The van der Waals surface area contributed by atoms with Gasteiger partial charge >= 0.3 is 0 Å². The average Bonchev–Trinajstić information content (AvgIpc) is 2.68. The number of nitrogens with one attached hydrogen (secondary N) is 1. The molecule has 1 aliphatic heterocycles. The lowest BCUT2D eigenvalue weighted by atomic mass is 10.1. The van der Waals surface area contributed by atoms with Gasteiger partial charge in [-0.25, -0.2) is 0 Å². The molecule has 0 bridgehead atoms. The van der Waals surface area contributed by atoms with Gasteiger partial charge in [-0.15, -0.1) is 0 Å². The number of anilines is 2. The Bertz CT molecular complexity index is 799. The molecule has 2 aromatic carbocycles. The summed E-state index contributed by atoms with van der Waals surface area (Å²) in [5.41, 5.74) is 2.04. The van der Waals surface area contributed by atoms with Crippen LogP contribution in [0.5, 0.6) is 5.75 Å². The molecule has 0 radical (unpaired) electrons. The van der Waals surface area contributed by atoms with Gasteiger partial charge in [0.25, 0.3) is 5.91 Å². The molecule has 1 saturated heterocycles. The molecule has 0 aliphatic carbocycles. The summed E-state index contributed by atoms with van der Waals surface area (Å²) in [7, 11) is 0. The lowest BCUT2D eigenvalue weighted by Gasteiger charge is -2.26. The normalized spacial score (nSPS) is 14.3. The van der Waals surface area contributed by atoms with Crippen molar-refractivity contribution >= 4 is 23.2 Å². The standard InChI is InChI=1S/C22H26N2O3/c1-16(2)15-27-20-8-4-3-7-19(20)23-22(26)17-10-12-18(13-11-17)24-14-6-5-9-21(24)25/h3-4,7-8,10-13,16H,5-6,9,14-15H2,1-2H3,(H,23,26). The summed E-state index contributed by atoms with van der Waals surface area (Å²) in [6.07, 6.45) is 2.56. The molecule has 1 aliphatic rings. The van der Waals surface area contributed by atoms with Gasteiger partial charge in [0.1, 0.15) is 5.75 Å². The molecule has 3 rings (SSSR count). The van der Waals surface area contributed by atoms with Crippen molar-refractivity contribution < 1.29 is 14.3 Å². The number of ether oxygens (including phenoxy) is 1. The number of hydrogen-bond donors (Lipinski definition) is 1. The largest absolute Gasteiger partial charge is 0.491 e. The molecule has 0 atom stereocenters. The monoisotopic (exact) mass is 366 g/mol. The number of nitrogens with zero attached hydrogens (tertiary/aromatic N) is 1. The molecule has 5 heteroatoms. The molecule has 0 unspecified atom stereocenters. The van der Waals surface area contributed by atoms with Gasteiger partial charge in [0, 0.05) is 24.2 Å². The van der Waals surface area contributed by atoms with E-state index in [4.69, 9.17) is 4.74 Å². The summed E-state index contributed by atoms with van der Waals surface area (Å²) < 4.78 is 5.79. The maximum atomic E-state index is 12.6. The van der Waals surface area contributed by atoms with Crippen LogP contribution < -0.4 is 15.0 Å². The highest BCUT2D eigenvalue weighted by atomic mass is 16.5. The second kappa shape index (κ2) is 8.71. The second-order valence-electron chi connectivity index (χ2n) is 7.20. The summed E-state index contributed by atoms with van der Waals surface area (Å²) in [6.45, 7) is 5.49. The van der Waals surface area contributed by atoms with E-state index >= 15 is 0 Å². The molecule has 1 fully saturated rings. The average molecular weight is 366 g/mol. The van der Waals surface area contributed by atoms with E-state index in [-0.39, 0.29) is 11.8 Å². The summed E-state index contributed by atoms with van der Waals surface area (Å²) in [4.78, 5) is 26.4. The maximum Gasteiger partial charge on any atom is 0.255 e. The van der Waals surface area contributed by atoms with E-state index in [0.717, 1.165) is 25.1 Å². The van der Waals surface area contributed by atoms with Crippen molar-refractivity contribution in [2.24, 2.45) is 5.92 Å². The fourth-order valence-electron chi connectivity index (χ4n) is 3.02. The molecule has 5 nitrogen and oxygen atoms in total. The summed E-state index contributed by atoms with van der Waals surface area (Å²) >= 11 is 0. The first kappa shape index (κ1) is 19.0. The van der Waals surface area contributed by atoms with Crippen molar-refractivity contribution in [1.29, 1.82) is 0 Å². The van der Waals surface area contributed by atoms with Gasteiger partial charge in [0.15, 0.2) is 0 Å². The minimum Gasteiger partial charge on any atom is -0.491 e. The smallest absolute Gasteiger partial charge is 0.255 e. The van der Waals surface area contributed by atoms with E-state index in [0.29, 0.717) is 35.9 Å². The number of rotatable bonds is 6. The fourth-order valence-corrected chi connectivity index (χ4v) is 3.02. The summed E-state index contributed by atoms with van der Waals surface area (Å²) in [5.74, 6) is 1.01.